The fraction of sp³-hybridized carbons (Fsp3) is 0.957. The normalized spacial score (nSPS) is 56.7. The molecule has 0 amide bonds. The van der Waals surface area contributed by atoms with Crippen LogP contribution in [0.3, 0.4) is 0 Å². The summed E-state index contributed by atoms with van der Waals surface area (Å²) in [6.07, 6.45) is -0.934. The SMILES string of the molecule is CC1OC(OC2C(O)[CH-]C(O[C@H]3CC[C@]4(C)C5CC[C@@]6(C)C(CC7O[C@]8(CCC[C@H](C)CO8)[C@@H](C)C76)C5CC[C@@H]4C3)OC2(O)CO)C(O)C(O)C1O.CC1O[CH-]C(O)C(O)C1O.[Y]. The van der Waals surface area contributed by atoms with Crippen LogP contribution in [-0.2, 0) is 65.9 Å². The third-order valence-corrected chi connectivity index (χ3v) is 17.8. The molecule has 63 heavy (non-hydrogen) atoms. The summed E-state index contributed by atoms with van der Waals surface area (Å²) in [5.41, 5.74) is 0.494. The van der Waals surface area contributed by atoms with E-state index < -0.39 is 91.8 Å². The van der Waals surface area contributed by atoms with Gasteiger partial charge in [-0.25, -0.2) is 6.42 Å². The first-order valence-electron chi connectivity index (χ1n) is 23.6. The third-order valence-electron chi connectivity index (χ3n) is 17.8. The van der Waals surface area contributed by atoms with E-state index in [4.69, 9.17) is 48.5 Å². The van der Waals surface area contributed by atoms with E-state index in [1.165, 1.54) is 45.4 Å². The summed E-state index contributed by atoms with van der Waals surface area (Å²) in [5.74, 6) is 1.32. The molecule has 18 unspecified atom stereocenters. The van der Waals surface area contributed by atoms with E-state index in [1.807, 2.05) is 0 Å². The van der Waals surface area contributed by atoms with Crippen molar-refractivity contribution in [3.8, 4) is 0 Å². The van der Waals surface area contributed by atoms with Crippen molar-refractivity contribution in [2.75, 3.05) is 13.2 Å². The average Bonchev–Trinajstić information content (AvgIpc) is 3.60. The van der Waals surface area contributed by atoms with Crippen LogP contribution < -0.4 is 0 Å². The molecule has 4 aliphatic carbocycles. The van der Waals surface area contributed by atoms with Gasteiger partial charge in [0.1, 0.15) is 30.5 Å². The third kappa shape index (κ3) is 9.33. The van der Waals surface area contributed by atoms with Crippen molar-refractivity contribution >= 4 is 0 Å². The van der Waals surface area contributed by atoms with Crippen molar-refractivity contribution in [3.63, 3.8) is 0 Å². The summed E-state index contributed by atoms with van der Waals surface area (Å²) in [5, 5.41) is 90.2. The minimum absolute atomic E-state index is 0. The number of rotatable bonds is 5. The van der Waals surface area contributed by atoms with Crippen LogP contribution in [0.4, 0.5) is 0 Å². The molecule has 9 N–H and O–H groups in total. The standard InChI is InChI=1S/C40H65O12.C6H11O4.Y/c1-20-7-6-12-40(47-18-20)21(2)31-29(51-40)16-27-25-9-8-23-15-24(10-13-37(23,4)26(25)11-14-38(27,31)5)49-30-17-28(42)35(39(46,19-41)52-30)50-36-34(45)33(44)32(43)22(3)48-36;1-3-5(8)6(9)4(7)2-10-3;/h17,20-36,41-46H,6-16,18-19H2,1-5H3;2-9H,1H3;/q2*-1;/t20-,21-,22?,23+,24-,25?,26?,27?,28?,29?,30?,31?,32?,33?,34?,35?,36?,37-,38-,39?,40+;;/m0../s1. The quantitative estimate of drug-likeness (QED) is 0.141. The number of aliphatic hydroxyl groups is 9. The van der Waals surface area contributed by atoms with Crippen LogP contribution in [0, 0.1) is 65.3 Å². The van der Waals surface area contributed by atoms with Crippen LogP contribution in [0.1, 0.15) is 112 Å². The Morgan fingerprint density at radius 2 is 1.43 bits per heavy atom. The molecule has 5 heterocycles. The molecule has 0 aromatic carbocycles. The molecule has 9 rings (SSSR count). The van der Waals surface area contributed by atoms with Crippen molar-refractivity contribution in [2.45, 2.75) is 210 Å². The van der Waals surface area contributed by atoms with E-state index >= 15 is 0 Å². The van der Waals surface area contributed by atoms with Gasteiger partial charge >= 0.3 is 0 Å². The summed E-state index contributed by atoms with van der Waals surface area (Å²) < 4.78 is 41.9. The van der Waals surface area contributed by atoms with Gasteiger partial charge in [0, 0.05) is 57.4 Å². The van der Waals surface area contributed by atoms with Gasteiger partial charge in [0.2, 0.25) is 5.79 Å². The fourth-order valence-corrected chi connectivity index (χ4v) is 14.1. The zero-order valence-electron chi connectivity index (χ0n) is 37.9. The molecule has 0 bridgehead atoms. The van der Waals surface area contributed by atoms with Gasteiger partial charge in [0.15, 0.2) is 12.1 Å². The molecule has 16 nitrogen and oxygen atoms in total. The van der Waals surface area contributed by atoms with Gasteiger partial charge in [-0.3, -0.25) is 0 Å². The Bertz CT molecular complexity index is 1520. The van der Waals surface area contributed by atoms with Gasteiger partial charge in [-0.2, -0.15) is 6.61 Å². The fourth-order valence-electron chi connectivity index (χ4n) is 14.1. The number of hydrogen-bond donors (Lipinski definition) is 9. The molecule has 4 saturated carbocycles. The minimum Gasteiger partial charge on any atom is -0.545 e. The van der Waals surface area contributed by atoms with Gasteiger partial charge in [-0.15, -0.1) is 0 Å². The predicted molar refractivity (Wildman–Crippen MR) is 219 cm³/mol. The number of fused-ring (bicyclic) bond motifs is 7. The Morgan fingerprint density at radius 3 is 2.14 bits per heavy atom. The van der Waals surface area contributed by atoms with Crippen LogP contribution in [0.25, 0.3) is 0 Å². The first-order valence-corrected chi connectivity index (χ1v) is 23.6. The van der Waals surface area contributed by atoms with Crippen molar-refractivity contribution < 1.29 is 112 Å². The molecular weight excluding hydrogens is 897 g/mol. The summed E-state index contributed by atoms with van der Waals surface area (Å²) in [6, 6.07) is 0. The van der Waals surface area contributed by atoms with E-state index in [-0.39, 0.29) is 49.6 Å². The Labute approximate surface area is 397 Å². The molecule has 0 aromatic rings. The van der Waals surface area contributed by atoms with Gasteiger partial charge in [-0.05, 0) is 137 Å². The molecule has 5 saturated heterocycles. The average molecular weight is 974 g/mol. The van der Waals surface area contributed by atoms with Crippen LogP contribution in [0.5, 0.6) is 0 Å². The number of ether oxygens (including phenoxy) is 7. The molecule has 17 heteroatoms. The van der Waals surface area contributed by atoms with Crippen molar-refractivity contribution in [1.82, 2.24) is 0 Å². The zero-order chi connectivity index (χ0) is 44.7. The summed E-state index contributed by atoms with van der Waals surface area (Å²) in [7, 11) is 0. The Hall–Kier alpha value is 0.464. The van der Waals surface area contributed by atoms with E-state index in [9.17, 15) is 30.6 Å². The minimum atomic E-state index is -2.37. The van der Waals surface area contributed by atoms with Crippen LogP contribution >= 0.6 is 0 Å². The smallest absolute Gasteiger partial charge is 0.216 e. The Kier molecular flexibility index (Phi) is 16.0. The second-order valence-corrected chi connectivity index (χ2v) is 21.4. The topological polar surface area (TPSA) is 247 Å². The Morgan fingerprint density at radius 1 is 0.714 bits per heavy atom. The van der Waals surface area contributed by atoms with Crippen LogP contribution in [0.2, 0.25) is 0 Å². The van der Waals surface area contributed by atoms with E-state index in [2.05, 4.69) is 27.7 Å². The maximum absolute atomic E-state index is 11.3. The molecule has 5 aliphatic heterocycles. The van der Waals surface area contributed by atoms with Gasteiger partial charge in [0.05, 0.1) is 37.6 Å². The van der Waals surface area contributed by atoms with E-state index in [0.717, 1.165) is 51.7 Å². The molecule has 25 atom stereocenters. The molecule has 0 aromatic heterocycles. The summed E-state index contributed by atoms with van der Waals surface area (Å²) in [6.45, 7) is 14.0. The first-order chi connectivity index (χ1) is 29.2. The maximum atomic E-state index is 11.3. The monoisotopic (exact) mass is 973 g/mol. The molecule has 9 aliphatic rings. The molecule has 361 valence electrons. The second kappa shape index (κ2) is 19.7. The maximum Gasteiger partial charge on any atom is 0.216 e. The molecular formula is C46H76O16Y-2. The largest absolute Gasteiger partial charge is 0.545 e. The number of hydrogen-bond acceptors (Lipinski definition) is 16. The van der Waals surface area contributed by atoms with Crippen molar-refractivity contribution in [2.24, 2.45) is 52.3 Å². The van der Waals surface area contributed by atoms with Gasteiger partial charge in [0.25, 0.3) is 0 Å². The van der Waals surface area contributed by atoms with Crippen LogP contribution in [0.15, 0.2) is 0 Å². The van der Waals surface area contributed by atoms with E-state index in [0.29, 0.717) is 47.5 Å². The summed E-state index contributed by atoms with van der Waals surface area (Å²) in [4.78, 5) is 0. The van der Waals surface area contributed by atoms with Crippen molar-refractivity contribution in [1.29, 1.82) is 0 Å². The van der Waals surface area contributed by atoms with Crippen molar-refractivity contribution in [3.05, 3.63) is 13.0 Å². The number of aliphatic hydroxyl groups excluding tert-OH is 8. The molecule has 1 radical (unpaired) electrons. The Balaban J connectivity index is 0.000000479. The zero-order valence-corrected chi connectivity index (χ0v) is 40.8. The first kappa shape index (κ1) is 51.3. The second-order valence-electron chi connectivity index (χ2n) is 21.4. The summed E-state index contributed by atoms with van der Waals surface area (Å²) >= 11 is 0. The van der Waals surface area contributed by atoms with Crippen LogP contribution in [-0.4, -0.2) is 157 Å². The molecule has 9 fully saturated rings. The van der Waals surface area contributed by atoms with Gasteiger partial charge in [-0.1, -0.05) is 27.7 Å². The van der Waals surface area contributed by atoms with Gasteiger partial charge < -0.3 is 79.1 Å². The predicted octanol–water partition coefficient (Wildman–Crippen LogP) is 1.67. The van der Waals surface area contributed by atoms with E-state index in [1.54, 1.807) is 6.92 Å². The molecule has 1 spiro atoms.